The topological polar surface area (TPSA) is 0 Å². The third kappa shape index (κ3) is 2.52. The Kier molecular flexibility index (Phi) is 3.45. The molecule has 1 aliphatic carbocycles. The summed E-state index contributed by atoms with van der Waals surface area (Å²) in [4.78, 5) is 0. The molecule has 0 aromatic rings. The van der Waals surface area contributed by atoms with E-state index in [9.17, 15) is 0 Å². The third-order valence-electron chi connectivity index (χ3n) is 2.76. The number of rotatable bonds is 2. The quantitative estimate of drug-likeness (QED) is 0.441. The molecule has 0 atom stereocenters. The van der Waals surface area contributed by atoms with Crippen LogP contribution in [0.25, 0.3) is 0 Å². The van der Waals surface area contributed by atoms with Crippen LogP contribution in [0.2, 0.25) is 0 Å². The highest BCUT2D eigenvalue weighted by Crippen LogP contribution is 2.32. The van der Waals surface area contributed by atoms with Gasteiger partial charge in [0.25, 0.3) is 0 Å². The van der Waals surface area contributed by atoms with E-state index in [0.29, 0.717) is 5.88 Å². The molecule has 0 bridgehead atoms. The third-order valence-corrected chi connectivity index (χ3v) is 3.11. The summed E-state index contributed by atoms with van der Waals surface area (Å²) in [6.07, 6.45) is 5.35. The van der Waals surface area contributed by atoms with Gasteiger partial charge in [-0.05, 0) is 24.7 Å². The first-order valence-corrected chi connectivity index (χ1v) is 5.01. The van der Waals surface area contributed by atoms with Crippen LogP contribution in [0.1, 0.15) is 32.6 Å². The van der Waals surface area contributed by atoms with Gasteiger partial charge in [-0.25, -0.2) is 0 Å². The van der Waals surface area contributed by atoms with Crippen molar-refractivity contribution in [2.75, 3.05) is 5.88 Å². The van der Waals surface area contributed by atoms with Gasteiger partial charge in [0.15, 0.2) is 0 Å². The standard InChI is InChI=1S/C10H17Cl/c1-8-3-5-10(6-4-8)9(2)7-11/h8,10H,2-7H2,1H3. The fourth-order valence-corrected chi connectivity index (χ4v) is 2.00. The lowest BCUT2D eigenvalue weighted by Gasteiger charge is -2.26. The Bertz CT molecular complexity index is 132. The van der Waals surface area contributed by atoms with E-state index in [0.717, 1.165) is 11.8 Å². The van der Waals surface area contributed by atoms with Crippen molar-refractivity contribution in [2.24, 2.45) is 11.8 Å². The van der Waals surface area contributed by atoms with Gasteiger partial charge < -0.3 is 0 Å². The van der Waals surface area contributed by atoms with Crippen molar-refractivity contribution in [1.82, 2.24) is 0 Å². The molecule has 1 saturated carbocycles. The molecule has 0 N–H and O–H groups in total. The second-order valence-electron chi connectivity index (χ2n) is 3.75. The lowest BCUT2D eigenvalue weighted by Crippen LogP contribution is -2.14. The average Bonchev–Trinajstić information content (AvgIpc) is 2.05. The van der Waals surface area contributed by atoms with Gasteiger partial charge in [-0.1, -0.05) is 31.9 Å². The summed E-state index contributed by atoms with van der Waals surface area (Å²) in [5, 5.41) is 0. The predicted molar refractivity (Wildman–Crippen MR) is 51.0 cm³/mol. The van der Waals surface area contributed by atoms with Crippen molar-refractivity contribution in [2.45, 2.75) is 32.6 Å². The van der Waals surface area contributed by atoms with Crippen molar-refractivity contribution < 1.29 is 0 Å². The lowest BCUT2D eigenvalue weighted by atomic mass is 9.80. The molecule has 0 aromatic heterocycles. The van der Waals surface area contributed by atoms with Gasteiger partial charge in [-0.15, -0.1) is 11.6 Å². The molecule has 0 spiro atoms. The zero-order chi connectivity index (χ0) is 8.27. The minimum absolute atomic E-state index is 0.652. The van der Waals surface area contributed by atoms with Gasteiger partial charge in [-0.3, -0.25) is 0 Å². The minimum atomic E-state index is 0.652. The first-order chi connectivity index (χ1) is 5.24. The highest BCUT2D eigenvalue weighted by atomic mass is 35.5. The Morgan fingerprint density at radius 1 is 1.36 bits per heavy atom. The minimum Gasteiger partial charge on any atom is -0.122 e. The van der Waals surface area contributed by atoms with E-state index in [-0.39, 0.29) is 0 Å². The van der Waals surface area contributed by atoms with Crippen molar-refractivity contribution in [3.05, 3.63) is 12.2 Å². The number of alkyl halides is 1. The smallest absolute Gasteiger partial charge is 0.0433 e. The largest absolute Gasteiger partial charge is 0.122 e. The maximum absolute atomic E-state index is 5.72. The summed E-state index contributed by atoms with van der Waals surface area (Å²) in [5.74, 6) is 2.30. The Balaban J connectivity index is 2.33. The molecular weight excluding hydrogens is 156 g/mol. The fraction of sp³-hybridized carbons (Fsp3) is 0.800. The molecule has 1 fully saturated rings. The molecule has 0 unspecified atom stereocenters. The molecule has 0 amide bonds. The van der Waals surface area contributed by atoms with Crippen LogP contribution in [0, 0.1) is 11.8 Å². The van der Waals surface area contributed by atoms with Crippen LogP contribution in [0.4, 0.5) is 0 Å². The van der Waals surface area contributed by atoms with Crippen molar-refractivity contribution in [1.29, 1.82) is 0 Å². The van der Waals surface area contributed by atoms with E-state index >= 15 is 0 Å². The number of hydrogen-bond acceptors (Lipinski definition) is 0. The van der Waals surface area contributed by atoms with Crippen LogP contribution >= 0.6 is 11.6 Å². The highest BCUT2D eigenvalue weighted by molar-refractivity contribution is 6.19. The fourth-order valence-electron chi connectivity index (χ4n) is 1.78. The molecule has 0 radical (unpaired) electrons. The SMILES string of the molecule is C=C(CCl)C1CCC(C)CC1. The van der Waals surface area contributed by atoms with Crippen molar-refractivity contribution in [3.63, 3.8) is 0 Å². The number of hydrogen-bond donors (Lipinski definition) is 0. The van der Waals surface area contributed by atoms with E-state index in [1.165, 1.54) is 31.3 Å². The zero-order valence-electron chi connectivity index (χ0n) is 7.28. The van der Waals surface area contributed by atoms with Gasteiger partial charge in [0.2, 0.25) is 0 Å². The van der Waals surface area contributed by atoms with Crippen LogP contribution in [0.5, 0.6) is 0 Å². The second kappa shape index (κ2) is 4.15. The Morgan fingerprint density at radius 3 is 2.36 bits per heavy atom. The summed E-state index contributed by atoms with van der Waals surface area (Å²) >= 11 is 5.72. The monoisotopic (exact) mass is 172 g/mol. The first-order valence-electron chi connectivity index (χ1n) is 4.47. The van der Waals surface area contributed by atoms with E-state index < -0.39 is 0 Å². The Morgan fingerprint density at radius 2 is 1.91 bits per heavy atom. The van der Waals surface area contributed by atoms with Gasteiger partial charge in [0, 0.05) is 5.88 Å². The molecule has 64 valence electrons. The van der Waals surface area contributed by atoms with Crippen LogP contribution in [0.3, 0.4) is 0 Å². The molecule has 1 aliphatic rings. The Labute approximate surface area is 74.6 Å². The molecule has 1 heteroatoms. The molecule has 0 aromatic carbocycles. The van der Waals surface area contributed by atoms with Gasteiger partial charge in [0.1, 0.15) is 0 Å². The van der Waals surface area contributed by atoms with Crippen LogP contribution < -0.4 is 0 Å². The van der Waals surface area contributed by atoms with Gasteiger partial charge >= 0.3 is 0 Å². The summed E-state index contributed by atoms with van der Waals surface area (Å²) in [7, 11) is 0. The number of halogens is 1. The summed E-state index contributed by atoms with van der Waals surface area (Å²) < 4.78 is 0. The summed E-state index contributed by atoms with van der Waals surface area (Å²) in [6.45, 7) is 6.32. The van der Waals surface area contributed by atoms with Gasteiger partial charge in [-0.2, -0.15) is 0 Å². The molecule has 0 nitrogen and oxygen atoms in total. The zero-order valence-corrected chi connectivity index (χ0v) is 8.03. The molecule has 0 aliphatic heterocycles. The summed E-state index contributed by atoms with van der Waals surface area (Å²) in [5.41, 5.74) is 1.25. The van der Waals surface area contributed by atoms with Crippen LogP contribution in [-0.2, 0) is 0 Å². The normalized spacial score (nSPS) is 31.8. The van der Waals surface area contributed by atoms with E-state index in [1.54, 1.807) is 0 Å². The van der Waals surface area contributed by atoms with E-state index in [4.69, 9.17) is 11.6 Å². The highest BCUT2D eigenvalue weighted by Gasteiger charge is 2.19. The van der Waals surface area contributed by atoms with Gasteiger partial charge in [0.05, 0.1) is 0 Å². The summed E-state index contributed by atoms with van der Waals surface area (Å²) in [6, 6.07) is 0. The molecule has 0 heterocycles. The lowest BCUT2D eigenvalue weighted by molar-refractivity contribution is 0.321. The molecule has 1 rings (SSSR count). The van der Waals surface area contributed by atoms with Crippen LogP contribution in [0.15, 0.2) is 12.2 Å². The first kappa shape index (κ1) is 9.12. The molecular formula is C10H17Cl. The average molecular weight is 173 g/mol. The van der Waals surface area contributed by atoms with E-state index in [1.807, 2.05) is 0 Å². The number of allylic oxidation sites excluding steroid dienone is 1. The maximum atomic E-state index is 5.72. The maximum Gasteiger partial charge on any atom is 0.0433 e. The molecule has 0 saturated heterocycles. The molecule has 11 heavy (non-hydrogen) atoms. The second-order valence-corrected chi connectivity index (χ2v) is 4.02. The van der Waals surface area contributed by atoms with Crippen LogP contribution in [-0.4, -0.2) is 5.88 Å². The van der Waals surface area contributed by atoms with Crippen molar-refractivity contribution in [3.8, 4) is 0 Å². The Hall–Kier alpha value is 0.0300. The van der Waals surface area contributed by atoms with E-state index in [2.05, 4.69) is 13.5 Å². The van der Waals surface area contributed by atoms with Crippen molar-refractivity contribution >= 4 is 11.6 Å². The predicted octanol–water partition coefficient (Wildman–Crippen LogP) is 3.61.